The summed E-state index contributed by atoms with van der Waals surface area (Å²) >= 11 is 0. The topological polar surface area (TPSA) is 106 Å². The highest BCUT2D eigenvalue weighted by Gasteiger charge is 2.40. The second-order valence-corrected chi connectivity index (χ2v) is 12.9. The van der Waals surface area contributed by atoms with Crippen LogP contribution in [0, 0.1) is 5.92 Å². The Morgan fingerprint density at radius 1 is 0.818 bits per heavy atom. The third kappa shape index (κ3) is 10.4. The fourth-order valence-electron chi connectivity index (χ4n) is 5.03. The Hall–Kier alpha value is -4.33. The molecule has 8 nitrogen and oxygen atoms in total. The van der Waals surface area contributed by atoms with Gasteiger partial charge in [-0.25, -0.2) is 9.59 Å². The second-order valence-electron chi connectivity index (χ2n) is 12.9. The lowest BCUT2D eigenvalue weighted by atomic mass is 10.0. The van der Waals surface area contributed by atoms with Crippen molar-refractivity contribution in [2.24, 2.45) is 5.92 Å². The van der Waals surface area contributed by atoms with Crippen molar-refractivity contribution < 1.29 is 23.9 Å². The molecule has 0 radical (unpaired) electrons. The Bertz CT molecular complexity index is 1370. The number of nitrogens with one attached hydrogen (secondary N) is 3. The fraction of sp³-hybridized carbons (Fsp3) is 0.417. The summed E-state index contributed by atoms with van der Waals surface area (Å²) in [5.41, 5.74) is 2.35. The molecule has 1 aliphatic carbocycles. The first-order valence-corrected chi connectivity index (χ1v) is 15.4. The van der Waals surface area contributed by atoms with Crippen molar-refractivity contribution in [1.29, 1.82) is 0 Å². The summed E-state index contributed by atoms with van der Waals surface area (Å²) in [7, 11) is 0. The highest BCUT2D eigenvalue weighted by atomic mass is 16.6. The van der Waals surface area contributed by atoms with Crippen molar-refractivity contribution in [3.05, 3.63) is 102 Å². The van der Waals surface area contributed by atoms with E-state index >= 15 is 0 Å². The molecule has 0 heterocycles. The van der Waals surface area contributed by atoms with Gasteiger partial charge in [0.15, 0.2) is 0 Å². The average molecular weight is 600 g/mol. The van der Waals surface area contributed by atoms with Gasteiger partial charge in [-0.05, 0) is 68.4 Å². The first-order valence-electron chi connectivity index (χ1n) is 15.4. The van der Waals surface area contributed by atoms with Crippen molar-refractivity contribution in [1.82, 2.24) is 16.0 Å². The molecule has 44 heavy (non-hydrogen) atoms. The molecule has 2 unspecified atom stereocenters. The van der Waals surface area contributed by atoms with Gasteiger partial charge in [-0.2, -0.15) is 0 Å². The Morgan fingerprint density at radius 3 is 2.07 bits per heavy atom. The molecule has 4 atom stereocenters. The number of amides is 3. The van der Waals surface area contributed by atoms with E-state index < -0.39 is 35.6 Å². The van der Waals surface area contributed by atoms with Crippen LogP contribution in [0.25, 0.3) is 0 Å². The second kappa shape index (κ2) is 14.9. The molecule has 4 rings (SSSR count). The Morgan fingerprint density at radius 2 is 1.45 bits per heavy atom. The third-order valence-electron chi connectivity index (χ3n) is 7.28. The maximum absolute atomic E-state index is 13.6. The van der Waals surface area contributed by atoms with Crippen LogP contribution < -0.4 is 20.7 Å². The Balaban J connectivity index is 1.39. The number of esters is 1. The molecule has 0 spiro atoms. The molecule has 0 bridgehead atoms. The van der Waals surface area contributed by atoms with Gasteiger partial charge in [-0.15, -0.1) is 0 Å². The van der Waals surface area contributed by atoms with E-state index in [4.69, 9.17) is 9.47 Å². The monoisotopic (exact) mass is 599 g/mol. The van der Waals surface area contributed by atoms with Gasteiger partial charge in [-0.3, -0.25) is 4.79 Å². The summed E-state index contributed by atoms with van der Waals surface area (Å²) in [5, 5.41) is 8.73. The Labute approximate surface area is 260 Å². The first-order chi connectivity index (χ1) is 21.0. The molecule has 8 heteroatoms. The third-order valence-corrected chi connectivity index (χ3v) is 7.28. The molecule has 3 aromatic rings. The van der Waals surface area contributed by atoms with Crippen LogP contribution in [-0.4, -0.2) is 41.6 Å². The van der Waals surface area contributed by atoms with Crippen LogP contribution in [0.2, 0.25) is 0 Å². The van der Waals surface area contributed by atoms with Gasteiger partial charge in [0.2, 0.25) is 5.91 Å². The average Bonchev–Trinajstić information content (AvgIpc) is 3.74. The van der Waals surface area contributed by atoms with Crippen molar-refractivity contribution in [3.8, 4) is 5.75 Å². The molecule has 3 amide bonds. The zero-order chi connectivity index (χ0) is 31.7. The number of carbonyl (C=O) groups is 3. The van der Waals surface area contributed by atoms with E-state index in [0.29, 0.717) is 18.8 Å². The van der Waals surface area contributed by atoms with Gasteiger partial charge in [0.25, 0.3) is 0 Å². The van der Waals surface area contributed by atoms with Gasteiger partial charge in [-0.1, -0.05) is 86.6 Å². The molecule has 0 aliphatic heterocycles. The van der Waals surface area contributed by atoms with E-state index in [2.05, 4.69) is 28.1 Å². The largest absolute Gasteiger partial charge is 0.489 e. The number of hydrogen-bond acceptors (Lipinski definition) is 5. The van der Waals surface area contributed by atoms with Crippen LogP contribution in [0.5, 0.6) is 5.75 Å². The van der Waals surface area contributed by atoms with Crippen LogP contribution in [-0.2, 0) is 27.4 Å². The normalized spacial score (nSPS) is 17.2. The van der Waals surface area contributed by atoms with Gasteiger partial charge in [0.05, 0.1) is 0 Å². The molecule has 0 aromatic heterocycles. The number of hydrogen-bond donors (Lipinski definition) is 3. The molecule has 234 valence electrons. The van der Waals surface area contributed by atoms with Gasteiger partial charge in [0, 0.05) is 18.4 Å². The molecular formula is C36H45N3O5. The van der Waals surface area contributed by atoms with Crippen molar-refractivity contribution in [2.75, 3.05) is 0 Å². The molecule has 3 aromatic carbocycles. The minimum Gasteiger partial charge on any atom is -0.489 e. The van der Waals surface area contributed by atoms with Crippen LogP contribution in [0.4, 0.5) is 4.79 Å². The summed E-state index contributed by atoms with van der Waals surface area (Å²) in [6.07, 6.45) is 1.50. The number of carbonyl (C=O) groups excluding carboxylic acids is 3. The van der Waals surface area contributed by atoms with Crippen molar-refractivity contribution >= 4 is 17.9 Å². The summed E-state index contributed by atoms with van der Waals surface area (Å²) in [6, 6.07) is 25.3. The standard InChI is InChI=1S/C36H45N3O5/c1-24(2)20-31(39-35(42)38-30-22-29(30)27-14-10-7-11-15-27)33(40)37-32(34(41)44-36(3,4)5)21-25-16-18-28(19-17-25)43-23-26-12-8-6-9-13-26/h6-19,24,29-32H,20-23H2,1-5H3,(H,37,40)(H2,38,39,42)/t29?,30?,31-,32-/m0/s1. The van der Waals surface area contributed by atoms with E-state index in [0.717, 1.165) is 17.5 Å². The highest BCUT2D eigenvalue weighted by molar-refractivity contribution is 5.90. The van der Waals surface area contributed by atoms with Gasteiger partial charge >= 0.3 is 12.0 Å². The maximum atomic E-state index is 13.6. The summed E-state index contributed by atoms with van der Waals surface area (Å²) < 4.78 is 11.6. The lowest BCUT2D eigenvalue weighted by molar-refractivity contribution is -0.158. The van der Waals surface area contributed by atoms with Crippen molar-refractivity contribution in [2.45, 2.75) is 90.1 Å². The number of urea groups is 1. The number of ether oxygens (including phenoxy) is 2. The fourth-order valence-corrected chi connectivity index (χ4v) is 5.03. The predicted octanol–water partition coefficient (Wildman–Crippen LogP) is 5.90. The zero-order valence-corrected chi connectivity index (χ0v) is 26.3. The summed E-state index contributed by atoms with van der Waals surface area (Å²) in [4.78, 5) is 39.8. The number of rotatable bonds is 13. The van der Waals surface area contributed by atoms with Crippen LogP contribution in [0.15, 0.2) is 84.9 Å². The lowest BCUT2D eigenvalue weighted by Gasteiger charge is -2.27. The van der Waals surface area contributed by atoms with E-state index in [1.165, 1.54) is 5.56 Å². The molecule has 1 fully saturated rings. The van der Waals surface area contributed by atoms with E-state index in [1.807, 2.05) is 86.6 Å². The minimum atomic E-state index is -0.941. The summed E-state index contributed by atoms with van der Waals surface area (Å²) in [6.45, 7) is 9.78. The van der Waals surface area contributed by atoms with E-state index in [9.17, 15) is 14.4 Å². The van der Waals surface area contributed by atoms with Crippen molar-refractivity contribution in [3.63, 3.8) is 0 Å². The predicted molar refractivity (Wildman–Crippen MR) is 171 cm³/mol. The molecule has 3 N–H and O–H groups in total. The Kier molecular flexibility index (Phi) is 11.0. The smallest absolute Gasteiger partial charge is 0.329 e. The van der Waals surface area contributed by atoms with Crippen LogP contribution >= 0.6 is 0 Å². The van der Waals surface area contributed by atoms with Crippen LogP contribution in [0.1, 0.15) is 70.1 Å². The quantitative estimate of drug-likeness (QED) is 0.212. The van der Waals surface area contributed by atoms with E-state index in [1.54, 1.807) is 20.8 Å². The first kappa shape index (κ1) is 32.6. The highest BCUT2D eigenvalue weighted by Crippen LogP contribution is 2.40. The molecule has 1 saturated carbocycles. The lowest BCUT2D eigenvalue weighted by Crippen LogP contribution is -2.55. The summed E-state index contributed by atoms with van der Waals surface area (Å²) in [5.74, 6) is 0.140. The molecule has 0 saturated heterocycles. The number of benzene rings is 3. The van der Waals surface area contributed by atoms with E-state index in [-0.39, 0.29) is 24.3 Å². The van der Waals surface area contributed by atoms with Gasteiger partial charge in [0.1, 0.15) is 30.0 Å². The SMILES string of the molecule is CC(C)C[C@H](NC(=O)NC1CC1c1ccccc1)C(=O)N[C@@H](Cc1ccc(OCc2ccccc2)cc1)C(=O)OC(C)(C)C. The van der Waals surface area contributed by atoms with Crippen LogP contribution in [0.3, 0.4) is 0 Å². The zero-order valence-electron chi connectivity index (χ0n) is 26.3. The molecule has 1 aliphatic rings. The maximum Gasteiger partial charge on any atom is 0.329 e. The van der Waals surface area contributed by atoms with Gasteiger partial charge < -0.3 is 25.4 Å². The minimum absolute atomic E-state index is 0.0225. The molecular weight excluding hydrogens is 554 g/mol.